The summed E-state index contributed by atoms with van der Waals surface area (Å²) >= 11 is 0. The van der Waals surface area contributed by atoms with Crippen molar-refractivity contribution in [1.82, 2.24) is 9.21 Å². The van der Waals surface area contributed by atoms with Gasteiger partial charge in [-0.15, -0.1) is 0 Å². The van der Waals surface area contributed by atoms with Gasteiger partial charge in [0.1, 0.15) is 6.04 Å². The smallest absolute Gasteiger partial charge is 0.249 e. The molecule has 1 unspecified atom stereocenters. The summed E-state index contributed by atoms with van der Waals surface area (Å²) in [7, 11) is -1.44. The van der Waals surface area contributed by atoms with Crippen LogP contribution in [0.15, 0.2) is 4.90 Å². The SMILES string of the molecule is COc1c(F)c(F)c(S(=O)(=O)N2CCCC2C(=O)N(C)C)c(F)c1F. The molecular formula is C14H16F4N2O4S. The zero-order chi connectivity index (χ0) is 19.1. The average Bonchev–Trinajstić information content (AvgIpc) is 3.03. The molecule has 0 aromatic heterocycles. The number of ether oxygens (including phenoxy) is 1. The first-order valence-electron chi connectivity index (χ1n) is 7.18. The van der Waals surface area contributed by atoms with Gasteiger partial charge in [0.25, 0.3) is 0 Å². The van der Waals surface area contributed by atoms with Crippen LogP contribution in [0.25, 0.3) is 0 Å². The number of rotatable bonds is 4. The van der Waals surface area contributed by atoms with E-state index in [0.717, 1.165) is 12.0 Å². The predicted molar refractivity (Wildman–Crippen MR) is 78.4 cm³/mol. The number of carbonyl (C=O) groups is 1. The Morgan fingerprint density at radius 3 is 2.08 bits per heavy atom. The minimum absolute atomic E-state index is 0.126. The number of halogens is 4. The fourth-order valence-corrected chi connectivity index (χ4v) is 4.45. The van der Waals surface area contributed by atoms with Crippen molar-refractivity contribution < 1.29 is 35.5 Å². The molecule has 0 saturated carbocycles. The third-order valence-electron chi connectivity index (χ3n) is 3.88. The third-order valence-corrected chi connectivity index (χ3v) is 5.81. The second-order valence-corrected chi connectivity index (χ2v) is 7.45. The molecule has 11 heteroatoms. The molecule has 1 fully saturated rings. The Morgan fingerprint density at radius 2 is 1.64 bits per heavy atom. The molecule has 1 heterocycles. The molecule has 1 atom stereocenters. The highest BCUT2D eigenvalue weighted by Crippen LogP contribution is 2.36. The van der Waals surface area contributed by atoms with E-state index in [0.29, 0.717) is 4.31 Å². The molecule has 6 nitrogen and oxygen atoms in total. The van der Waals surface area contributed by atoms with Gasteiger partial charge >= 0.3 is 0 Å². The molecule has 140 valence electrons. The van der Waals surface area contributed by atoms with E-state index in [1.807, 2.05) is 0 Å². The van der Waals surface area contributed by atoms with Crippen LogP contribution in [-0.4, -0.2) is 57.3 Å². The summed E-state index contributed by atoms with van der Waals surface area (Å²) in [6.07, 6.45) is 0.383. The highest BCUT2D eigenvalue weighted by molar-refractivity contribution is 7.89. The van der Waals surface area contributed by atoms with Gasteiger partial charge in [-0.3, -0.25) is 4.79 Å². The standard InChI is InChI=1S/C14H16F4N2O4S/c1-19(2)14(21)7-5-4-6-20(7)25(22,23)13-10(17)8(15)12(24-3)9(16)11(13)18/h7H,4-6H2,1-3H3. The Labute approximate surface area is 142 Å². The molecule has 25 heavy (non-hydrogen) atoms. The quantitative estimate of drug-likeness (QED) is 0.583. The number of hydrogen-bond acceptors (Lipinski definition) is 4. The van der Waals surface area contributed by atoms with Crippen molar-refractivity contribution in [2.24, 2.45) is 0 Å². The Hall–Kier alpha value is -1.88. The van der Waals surface area contributed by atoms with Crippen LogP contribution < -0.4 is 4.74 Å². The van der Waals surface area contributed by atoms with E-state index in [1.165, 1.54) is 14.1 Å². The van der Waals surface area contributed by atoms with Gasteiger partial charge in [0.2, 0.25) is 27.6 Å². The van der Waals surface area contributed by atoms with Crippen molar-refractivity contribution in [2.75, 3.05) is 27.7 Å². The van der Waals surface area contributed by atoms with Gasteiger partial charge in [-0.1, -0.05) is 0 Å². The molecule has 2 rings (SSSR count). The Balaban J connectivity index is 2.63. The summed E-state index contributed by atoms with van der Waals surface area (Å²) in [6.45, 7) is -0.208. The maximum Gasteiger partial charge on any atom is 0.249 e. The molecule has 1 aliphatic rings. The fourth-order valence-electron chi connectivity index (χ4n) is 2.69. The summed E-state index contributed by atoms with van der Waals surface area (Å²) in [5.41, 5.74) is 0. The number of hydrogen-bond donors (Lipinski definition) is 0. The van der Waals surface area contributed by atoms with Crippen LogP contribution in [-0.2, 0) is 14.8 Å². The molecule has 0 bridgehead atoms. The van der Waals surface area contributed by atoms with Gasteiger partial charge in [-0.25, -0.2) is 17.2 Å². The summed E-state index contributed by atoms with van der Waals surface area (Å²) < 4.78 is 86.0. The third kappa shape index (κ3) is 3.06. The largest absolute Gasteiger partial charge is 0.491 e. The van der Waals surface area contributed by atoms with E-state index in [2.05, 4.69) is 4.74 Å². The van der Waals surface area contributed by atoms with Gasteiger partial charge in [0.05, 0.1) is 7.11 Å². The molecule has 0 aliphatic carbocycles. The van der Waals surface area contributed by atoms with Crippen LogP contribution >= 0.6 is 0 Å². The monoisotopic (exact) mass is 384 g/mol. The minimum atomic E-state index is -5.00. The molecule has 0 spiro atoms. The number of methoxy groups -OCH3 is 1. The summed E-state index contributed by atoms with van der Waals surface area (Å²) in [6, 6.07) is -1.20. The van der Waals surface area contributed by atoms with Gasteiger partial charge in [0.15, 0.2) is 22.3 Å². The van der Waals surface area contributed by atoms with E-state index in [4.69, 9.17) is 0 Å². The average molecular weight is 384 g/mol. The maximum absolute atomic E-state index is 14.2. The topological polar surface area (TPSA) is 66.9 Å². The lowest BCUT2D eigenvalue weighted by Gasteiger charge is -2.26. The molecule has 1 aliphatic heterocycles. The first-order valence-corrected chi connectivity index (χ1v) is 8.62. The Morgan fingerprint density at radius 1 is 1.12 bits per heavy atom. The second-order valence-electron chi connectivity index (χ2n) is 5.62. The lowest BCUT2D eigenvalue weighted by Crippen LogP contribution is -2.45. The molecule has 1 aromatic carbocycles. The molecule has 0 radical (unpaired) electrons. The summed E-state index contributed by atoms with van der Waals surface area (Å²) in [5, 5.41) is 0. The van der Waals surface area contributed by atoms with Crippen LogP contribution in [0.4, 0.5) is 17.6 Å². The zero-order valence-corrected chi connectivity index (χ0v) is 14.5. The van der Waals surface area contributed by atoms with Crippen LogP contribution in [0.1, 0.15) is 12.8 Å². The predicted octanol–water partition coefficient (Wildman–Crippen LogP) is 1.49. The Bertz CT molecular complexity index is 785. The summed E-state index contributed by atoms with van der Waals surface area (Å²) in [5.74, 6) is -10.1. The molecular weight excluding hydrogens is 368 g/mol. The van der Waals surface area contributed by atoms with E-state index >= 15 is 0 Å². The first kappa shape index (κ1) is 19.4. The van der Waals surface area contributed by atoms with Gasteiger partial charge < -0.3 is 9.64 Å². The molecule has 1 aromatic rings. The van der Waals surface area contributed by atoms with Crippen LogP contribution in [0.2, 0.25) is 0 Å². The van der Waals surface area contributed by atoms with Crippen molar-refractivity contribution in [3.8, 4) is 5.75 Å². The van der Waals surface area contributed by atoms with E-state index < -0.39 is 55.9 Å². The van der Waals surface area contributed by atoms with Crippen molar-refractivity contribution in [3.63, 3.8) is 0 Å². The maximum atomic E-state index is 14.2. The highest BCUT2D eigenvalue weighted by Gasteiger charge is 2.44. The van der Waals surface area contributed by atoms with Gasteiger partial charge in [0, 0.05) is 20.6 Å². The van der Waals surface area contributed by atoms with Gasteiger partial charge in [-0.2, -0.15) is 13.1 Å². The lowest BCUT2D eigenvalue weighted by atomic mass is 10.2. The van der Waals surface area contributed by atoms with Gasteiger partial charge in [-0.05, 0) is 12.8 Å². The number of likely N-dealkylation sites (N-methyl/N-ethyl adjacent to an activating group) is 1. The minimum Gasteiger partial charge on any atom is -0.491 e. The van der Waals surface area contributed by atoms with Crippen molar-refractivity contribution in [3.05, 3.63) is 23.3 Å². The first-order chi connectivity index (χ1) is 11.6. The fraction of sp³-hybridized carbons (Fsp3) is 0.500. The van der Waals surface area contributed by atoms with Crippen molar-refractivity contribution in [2.45, 2.75) is 23.8 Å². The number of benzene rings is 1. The van der Waals surface area contributed by atoms with E-state index in [-0.39, 0.29) is 19.4 Å². The van der Waals surface area contributed by atoms with E-state index in [9.17, 15) is 30.8 Å². The second kappa shape index (κ2) is 6.79. The Kier molecular flexibility index (Phi) is 5.28. The number of nitrogens with zero attached hydrogens (tertiary/aromatic N) is 2. The molecule has 0 N–H and O–H groups in total. The van der Waals surface area contributed by atoms with Crippen molar-refractivity contribution in [1.29, 1.82) is 0 Å². The van der Waals surface area contributed by atoms with Crippen LogP contribution in [0, 0.1) is 23.3 Å². The van der Waals surface area contributed by atoms with Crippen LogP contribution in [0.5, 0.6) is 5.75 Å². The molecule has 1 amide bonds. The highest BCUT2D eigenvalue weighted by atomic mass is 32.2. The van der Waals surface area contributed by atoms with Crippen LogP contribution in [0.3, 0.4) is 0 Å². The number of carbonyl (C=O) groups excluding carboxylic acids is 1. The summed E-state index contributed by atoms with van der Waals surface area (Å²) in [4.78, 5) is 11.5. The lowest BCUT2D eigenvalue weighted by molar-refractivity contribution is -0.132. The number of sulfonamides is 1. The van der Waals surface area contributed by atoms with E-state index in [1.54, 1.807) is 0 Å². The zero-order valence-electron chi connectivity index (χ0n) is 13.6. The number of amides is 1. The molecule has 1 saturated heterocycles. The van der Waals surface area contributed by atoms with Crippen molar-refractivity contribution >= 4 is 15.9 Å². The normalized spacial score (nSPS) is 18.4.